The van der Waals surface area contributed by atoms with E-state index in [9.17, 15) is 14.9 Å². The molecule has 2 aromatic rings. The minimum atomic E-state index is -0.489. The van der Waals surface area contributed by atoms with E-state index in [2.05, 4.69) is 15.3 Å². The number of nitriles is 1. The van der Waals surface area contributed by atoms with Gasteiger partial charge in [-0.25, -0.2) is 4.98 Å². The molecule has 0 atom stereocenters. The lowest BCUT2D eigenvalue weighted by Crippen LogP contribution is -2.33. The molecule has 1 amide bonds. The molecule has 0 radical (unpaired) electrons. The Hall–Kier alpha value is -2.59. The van der Waals surface area contributed by atoms with Gasteiger partial charge >= 0.3 is 0 Å². The fourth-order valence-electron chi connectivity index (χ4n) is 3.02. The van der Waals surface area contributed by atoms with Crippen LogP contribution < -0.4 is 10.9 Å². The van der Waals surface area contributed by atoms with Crippen LogP contribution in [0.5, 0.6) is 0 Å². The zero-order valence-electron chi connectivity index (χ0n) is 14.5. The molecular formula is C19H20N4O2S. The van der Waals surface area contributed by atoms with Crippen molar-refractivity contribution in [3.8, 4) is 17.3 Å². The van der Waals surface area contributed by atoms with Gasteiger partial charge in [0, 0.05) is 11.6 Å². The molecule has 0 unspecified atom stereocenters. The van der Waals surface area contributed by atoms with Gasteiger partial charge in [0.15, 0.2) is 5.16 Å². The van der Waals surface area contributed by atoms with Crippen LogP contribution in [0.3, 0.4) is 0 Å². The van der Waals surface area contributed by atoms with E-state index >= 15 is 0 Å². The minimum absolute atomic E-state index is 0.0198. The number of hydrogen-bond donors (Lipinski definition) is 2. The zero-order chi connectivity index (χ0) is 18.5. The summed E-state index contributed by atoms with van der Waals surface area (Å²) in [5.41, 5.74) is 1.62. The molecular weight excluding hydrogens is 348 g/mol. The maximum atomic E-state index is 12.2. The van der Waals surface area contributed by atoms with Crippen molar-refractivity contribution in [3.63, 3.8) is 0 Å². The summed E-state index contributed by atoms with van der Waals surface area (Å²) in [4.78, 5) is 31.3. The summed E-state index contributed by atoms with van der Waals surface area (Å²) in [5, 5.41) is 12.6. The summed E-state index contributed by atoms with van der Waals surface area (Å²) in [5.74, 6) is 0.115. The molecule has 7 heteroatoms. The van der Waals surface area contributed by atoms with Crippen molar-refractivity contribution in [2.75, 3.05) is 5.75 Å². The molecule has 0 bridgehead atoms. The van der Waals surface area contributed by atoms with Crippen LogP contribution in [-0.2, 0) is 4.79 Å². The van der Waals surface area contributed by atoms with Gasteiger partial charge in [-0.1, -0.05) is 54.4 Å². The Balaban J connectivity index is 1.77. The van der Waals surface area contributed by atoms with Crippen molar-refractivity contribution < 1.29 is 4.79 Å². The van der Waals surface area contributed by atoms with Crippen LogP contribution >= 0.6 is 11.8 Å². The maximum Gasteiger partial charge on any atom is 0.270 e. The molecule has 1 aromatic carbocycles. The van der Waals surface area contributed by atoms with Crippen LogP contribution in [0, 0.1) is 18.3 Å². The number of amides is 1. The topological polar surface area (TPSA) is 98.6 Å². The van der Waals surface area contributed by atoms with Gasteiger partial charge in [-0.05, 0) is 19.8 Å². The van der Waals surface area contributed by atoms with Crippen molar-refractivity contribution in [2.45, 2.75) is 43.8 Å². The minimum Gasteiger partial charge on any atom is -0.353 e. The number of nitrogens with zero attached hydrogens (tertiary/aromatic N) is 2. The van der Waals surface area contributed by atoms with Gasteiger partial charge in [-0.15, -0.1) is 0 Å². The highest BCUT2D eigenvalue weighted by Gasteiger charge is 2.18. The van der Waals surface area contributed by atoms with Crippen LogP contribution in [-0.4, -0.2) is 27.7 Å². The predicted molar refractivity (Wildman–Crippen MR) is 101 cm³/mol. The van der Waals surface area contributed by atoms with E-state index in [0.29, 0.717) is 16.4 Å². The van der Waals surface area contributed by atoms with E-state index in [0.717, 1.165) is 31.2 Å². The number of carbonyl (C=O) groups is 1. The quantitative estimate of drug-likeness (QED) is 0.624. The first kappa shape index (κ1) is 18.2. The Morgan fingerprint density at radius 3 is 2.69 bits per heavy atom. The molecule has 3 rings (SSSR count). The number of hydrogen-bond acceptors (Lipinski definition) is 5. The van der Waals surface area contributed by atoms with Gasteiger partial charge in [0.2, 0.25) is 5.91 Å². The SMILES string of the molecule is Cc1ccc(-c2nc(SCC(=O)NC3CCCC3)[nH]c(=O)c2C#N)cc1. The summed E-state index contributed by atoms with van der Waals surface area (Å²) in [6.45, 7) is 1.96. The number of carbonyl (C=O) groups excluding carboxylic acids is 1. The molecule has 1 aliphatic rings. The summed E-state index contributed by atoms with van der Waals surface area (Å²) in [7, 11) is 0. The van der Waals surface area contributed by atoms with E-state index in [4.69, 9.17) is 0 Å². The largest absolute Gasteiger partial charge is 0.353 e. The Morgan fingerprint density at radius 1 is 1.35 bits per heavy atom. The lowest BCUT2D eigenvalue weighted by molar-refractivity contribution is -0.119. The Bertz CT molecular complexity index is 893. The Morgan fingerprint density at radius 2 is 2.04 bits per heavy atom. The highest BCUT2D eigenvalue weighted by Crippen LogP contribution is 2.23. The second-order valence-corrected chi connectivity index (χ2v) is 7.37. The molecule has 1 saturated carbocycles. The Labute approximate surface area is 156 Å². The van der Waals surface area contributed by atoms with Gasteiger partial charge in [-0.3, -0.25) is 9.59 Å². The molecule has 1 fully saturated rings. The smallest absolute Gasteiger partial charge is 0.270 e. The lowest BCUT2D eigenvalue weighted by Gasteiger charge is -2.11. The third-order valence-electron chi connectivity index (χ3n) is 4.39. The summed E-state index contributed by atoms with van der Waals surface area (Å²) >= 11 is 1.17. The maximum absolute atomic E-state index is 12.2. The summed E-state index contributed by atoms with van der Waals surface area (Å²) in [6.07, 6.45) is 4.37. The van der Waals surface area contributed by atoms with Gasteiger partial charge in [0.05, 0.1) is 11.4 Å². The zero-order valence-corrected chi connectivity index (χ0v) is 15.4. The fourth-order valence-corrected chi connectivity index (χ4v) is 3.69. The predicted octanol–water partition coefficient (Wildman–Crippen LogP) is 2.77. The first-order valence-corrected chi connectivity index (χ1v) is 9.59. The monoisotopic (exact) mass is 368 g/mol. The molecule has 6 nitrogen and oxygen atoms in total. The number of aryl methyl sites for hydroxylation is 1. The van der Waals surface area contributed by atoms with Crippen LogP contribution in [0.4, 0.5) is 0 Å². The summed E-state index contributed by atoms with van der Waals surface area (Å²) < 4.78 is 0. The van der Waals surface area contributed by atoms with Gasteiger partial charge < -0.3 is 10.3 Å². The van der Waals surface area contributed by atoms with Crippen molar-refractivity contribution in [3.05, 3.63) is 45.7 Å². The van der Waals surface area contributed by atoms with Crippen LogP contribution in [0.25, 0.3) is 11.3 Å². The van der Waals surface area contributed by atoms with Crippen molar-refractivity contribution in [2.24, 2.45) is 0 Å². The normalized spacial score (nSPS) is 14.2. The summed E-state index contributed by atoms with van der Waals surface area (Å²) in [6, 6.07) is 9.66. The van der Waals surface area contributed by atoms with Crippen LogP contribution in [0.2, 0.25) is 0 Å². The molecule has 1 heterocycles. The molecule has 2 N–H and O–H groups in total. The number of aromatic nitrogens is 2. The molecule has 0 saturated heterocycles. The first-order valence-electron chi connectivity index (χ1n) is 8.60. The van der Waals surface area contributed by atoms with Crippen LogP contribution in [0.15, 0.2) is 34.2 Å². The number of benzene rings is 1. The third kappa shape index (κ3) is 4.33. The number of nitrogens with one attached hydrogen (secondary N) is 2. The molecule has 26 heavy (non-hydrogen) atoms. The van der Waals surface area contributed by atoms with E-state index in [1.54, 1.807) is 0 Å². The highest BCUT2D eigenvalue weighted by atomic mass is 32.2. The fraction of sp³-hybridized carbons (Fsp3) is 0.368. The van der Waals surface area contributed by atoms with Crippen LogP contribution in [0.1, 0.15) is 36.8 Å². The third-order valence-corrected chi connectivity index (χ3v) is 5.27. The molecule has 134 valence electrons. The average molecular weight is 368 g/mol. The number of aromatic amines is 1. The van der Waals surface area contributed by atoms with E-state index in [1.807, 2.05) is 37.3 Å². The van der Waals surface area contributed by atoms with Gasteiger partial charge in [0.25, 0.3) is 5.56 Å². The number of thioether (sulfide) groups is 1. The average Bonchev–Trinajstić information content (AvgIpc) is 3.13. The van der Waals surface area contributed by atoms with Gasteiger partial charge in [0.1, 0.15) is 11.6 Å². The number of H-pyrrole nitrogens is 1. The number of rotatable bonds is 5. The van der Waals surface area contributed by atoms with E-state index in [-0.39, 0.29) is 23.3 Å². The van der Waals surface area contributed by atoms with Crippen molar-refractivity contribution in [1.29, 1.82) is 5.26 Å². The van der Waals surface area contributed by atoms with Crippen molar-refractivity contribution in [1.82, 2.24) is 15.3 Å². The van der Waals surface area contributed by atoms with E-state index in [1.165, 1.54) is 11.8 Å². The highest BCUT2D eigenvalue weighted by molar-refractivity contribution is 7.99. The van der Waals surface area contributed by atoms with E-state index < -0.39 is 5.56 Å². The molecule has 0 aliphatic heterocycles. The second kappa shape index (κ2) is 8.19. The van der Waals surface area contributed by atoms with Gasteiger partial charge in [-0.2, -0.15) is 5.26 Å². The molecule has 0 spiro atoms. The standard InChI is InChI=1S/C19H20N4O2S/c1-12-6-8-13(9-7-12)17-15(10-20)18(25)23-19(22-17)26-11-16(24)21-14-4-2-3-5-14/h6-9,14H,2-5,11H2,1H3,(H,21,24)(H,22,23,25). The second-order valence-electron chi connectivity index (χ2n) is 6.41. The molecule has 1 aliphatic carbocycles. The Kier molecular flexibility index (Phi) is 5.74. The molecule has 1 aromatic heterocycles. The lowest BCUT2D eigenvalue weighted by atomic mass is 10.1. The van der Waals surface area contributed by atoms with Crippen molar-refractivity contribution >= 4 is 17.7 Å². The first-order chi connectivity index (χ1) is 12.6.